The van der Waals surface area contributed by atoms with Crippen LogP contribution in [0.5, 0.6) is 0 Å². The van der Waals surface area contributed by atoms with Crippen molar-refractivity contribution in [2.45, 2.75) is 13.3 Å². The van der Waals surface area contributed by atoms with Crippen molar-refractivity contribution in [2.75, 3.05) is 6.61 Å². The van der Waals surface area contributed by atoms with Crippen LogP contribution in [0.3, 0.4) is 0 Å². The first kappa shape index (κ1) is 9.11. The number of hydrogen-bond donors (Lipinski definition) is 1. The van der Waals surface area contributed by atoms with Gasteiger partial charge in [-0.2, -0.15) is 0 Å². The highest BCUT2D eigenvalue weighted by atomic mass is 16.3. The first-order valence-corrected chi connectivity index (χ1v) is 3.26. The van der Waals surface area contributed by atoms with Crippen molar-refractivity contribution in [1.29, 1.82) is 0 Å². The average molecular weight is 139 g/mol. The second-order valence-electron chi connectivity index (χ2n) is 1.78. The van der Waals surface area contributed by atoms with Gasteiger partial charge in [0.1, 0.15) is 0 Å². The molecule has 0 unspecified atom stereocenters. The zero-order chi connectivity index (χ0) is 7.82. The average Bonchev–Trinajstić information content (AvgIpc) is 1.90. The normalized spacial score (nSPS) is 12.4. The minimum atomic E-state index is 0.136. The number of aliphatic hydroxyl groups excluding tert-OH is 1. The Labute approximate surface area is 61.6 Å². The smallest absolute Gasteiger partial charge is 0.0486 e. The largest absolute Gasteiger partial charge is 0.396 e. The lowest BCUT2D eigenvalue weighted by Crippen LogP contribution is -1.95. The van der Waals surface area contributed by atoms with Gasteiger partial charge in [-0.1, -0.05) is 12.7 Å². The SMILES string of the molecule is C=CN=C(/C=C\C)CCO. The summed E-state index contributed by atoms with van der Waals surface area (Å²) in [5.74, 6) is 0. The quantitative estimate of drug-likeness (QED) is 0.588. The van der Waals surface area contributed by atoms with Gasteiger partial charge in [0.15, 0.2) is 0 Å². The maximum atomic E-state index is 8.54. The molecule has 0 aromatic rings. The monoisotopic (exact) mass is 139 g/mol. The van der Waals surface area contributed by atoms with Gasteiger partial charge in [-0.05, 0) is 13.0 Å². The molecule has 2 heteroatoms. The summed E-state index contributed by atoms with van der Waals surface area (Å²) in [5, 5.41) is 8.54. The van der Waals surface area contributed by atoms with Gasteiger partial charge in [0, 0.05) is 24.9 Å². The van der Waals surface area contributed by atoms with E-state index in [-0.39, 0.29) is 6.61 Å². The summed E-state index contributed by atoms with van der Waals surface area (Å²) in [6, 6.07) is 0. The van der Waals surface area contributed by atoms with Crippen LogP contribution in [-0.2, 0) is 0 Å². The predicted octanol–water partition coefficient (Wildman–Crippen LogP) is 1.53. The van der Waals surface area contributed by atoms with Crippen molar-refractivity contribution in [2.24, 2.45) is 4.99 Å². The van der Waals surface area contributed by atoms with E-state index in [9.17, 15) is 0 Å². The lowest BCUT2D eigenvalue weighted by atomic mass is 10.2. The number of nitrogens with zero attached hydrogens (tertiary/aromatic N) is 1. The van der Waals surface area contributed by atoms with Crippen LogP contribution in [0.2, 0.25) is 0 Å². The molecule has 0 saturated carbocycles. The minimum absolute atomic E-state index is 0.136. The van der Waals surface area contributed by atoms with Gasteiger partial charge >= 0.3 is 0 Å². The van der Waals surface area contributed by atoms with Crippen LogP contribution in [0.1, 0.15) is 13.3 Å². The van der Waals surface area contributed by atoms with Gasteiger partial charge < -0.3 is 5.11 Å². The van der Waals surface area contributed by atoms with Crippen LogP contribution < -0.4 is 0 Å². The van der Waals surface area contributed by atoms with Crippen LogP contribution in [0.4, 0.5) is 0 Å². The number of hydrogen-bond acceptors (Lipinski definition) is 2. The van der Waals surface area contributed by atoms with E-state index >= 15 is 0 Å². The third kappa shape index (κ3) is 4.04. The molecule has 0 aliphatic rings. The van der Waals surface area contributed by atoms with Crippen LogP contribution in [0, 0.1) is 0 Å². The molecule has 56 valence electrons. The molecule has 0 aromatic heterocycles. The molecular formula is C8H13NO. The van der Waals surface area contributed by atoms with Crippen molar-refractivity contribution >= 4 is 5.71 Å². The van der Waals surface area contributed by atoms with Gasteiger partial charge in [0.2, 0.25) is 0 Å². The van der Waals surface area contributed by atoms with E-state index in [4.69, 9.17) is 5.11 Å². The molecule has 0 heterocycles. The number of aliphatic imine (C=N–C) groups is 1. The van der Waals surface area contributed by atoms with Gasteiger partial charge in [0.05, 0.1) is 0 Å². The summed E-state index contributed by atoms with van der Waals surface area (Å²) in [5.41, 5.74) is 0.861. The van der Waals surface area contributed by atoms with E-state index in [1.165, 1.54) is 6.20 Å². The van der Waals surface area contributed by atoms with Gasteiger partial charge in [0.25, 0.3) is 0 Å². The summed E-state index contributed by atoms with van der Waals surface area (Å²) in [6.45, 7) is 5.51. The van der Waals surface area contributed by atoms with Crippen LogP contribution in [0.25, 0.3) is 0 Å². The summed E-state index contributed by atoms with van der Waals surface area (Å²) in [6.07, 6.45) is 5.82. The second-order valence-corrected chi connectivity index (χ2v) is 1.78. The summed E-state index contributed by atoms with van der Waals surface area (Å²) < 4.78 is 0. The molecule has 0 fully saturated rings. The zero-order valence-corrected chi connectivity index (χ0v) is 6.25. The molecule has 10 heavy (non-hydrogen) atoms. The van der Waals surface area contributed by atoms with Gasteiger partial charge in [-0.3, -0.25) is 4.99 Å². The number of allylic oxidation sites excluding steroid dienone is 2. The molecule has 0 spiro atoms. The van der Waals surface area contributed by atoms with Gasteiger partial charge in [-0.15, -0.1) is 0 Å². The fourth-order valence-electron chi connectivity index (χ4n) is 0.615. The highest BCUT2D eigenvalue weighted by Crippen LogP contribution is 1.89. The molecule has 0 aromatic carbocycles. The third-order valence-corrected chi connectivity index (χ3v) is 0.984. The lowest BCUT2D eigenvalue weighted by Gasteiger charge is -1.93. The fraction of sp³-hybridized carbons (Fsp3) is 0.375. The summed E-state index contributed by atoms with van der Waals surface area (Å²) in [4.78, 5) is 3.94. The third-order valence-electron chi connectivity index (χ3n) is 0.984. The van der Waals surface area contributed by atoms with Gasteiger partial charge in [-0.25, -0.2) is 0 Å². The van der Waals surface area contributed by atoms with E-state index in [2.05, 4.69) is 11.6 Å². The number of rotatable bonds is 4. The Kier molecular flexibility index (Phi) is 5.68. The molecule has 0 aliphatic heterocycles. The lowest BCUT2D eigenvalue weighted by molar-refractivity contribution is 0.307. The standard InChI is InChI=1S/C8H13NO/c1-3-5-8(6-7-10)9-4-2/h3-5,10H,2,6-7H2,1H3/b5-3-,9-8?. The Hall–Kier alpha value is -0.890. The highest BCUT2D eigenvalue weighted by Gasteiger charge is 1.88. The summed E-state index contributed by atoms with van der Waals surface area (Å²) >= 11 is 0. The second kappa shape index (κ2) is 6.23. The topological polar surface area (TPSA) is 32.6 Å². The van der Waals surface area contributed by atoms with E-state index < -0.39 is 0 Å². The Bertz CT molecular complexity index is 147. The Morgan fingerprint density at radius 2 is 2.40 bits per heavy atom. The van der Waals surface area contributed by atoms with Crippen molar-refractivity contribution in [3.05, 3.63) is 24.9 Å². The van der Waals surface area contributed by atoms with Crippen molar-refractivity contribution < 1.29 is 5.11 Å². The van der Waals surface area contributed by atoms with Crippen molar-refractivity contribution in [1.82, 2.24) is 0 Å². The van der Waals surface area contributed by atoms with E-state index in [0.29, 0.717) is 6.42 Å². The molecule has 0 aliphatic carbocycles. The maximum Gasteiger partial charge on any atom is 0.0486 e. The van der Waals surface area contributed by atoms with Crippen LogP contribution in [0.15, 0.2) is 29.9 Å². The molecule has 0 amide bonds. The van der Waals surface area contributed by atoms with E-state index in [1.807, 2.05) is 19.1 Å². The van der Waals surface area contributed by atoms with E-state index in [0.717, 1.165) is 5.71 Å². The predicted molar refractivity (Wildman–Crippen MR) is 44.1 cm³/mol. The minimum Gasteiger partial charge on any atom is -0.396 e. The Morgan fingerprint density at radius 1 is 1.70 bits per heavy atom. The molecule has 0 radical (unpaired) electrons. The zero-order valence-electron chi connectivity index (χ0n) is 6.25. The molecule has 2 nitrogen and oxygen atoms in total. The Balaban J connectivity index is 3.96. The molecule has 0 atom stereocenters. The van der Waals surface area contributed by atoms with Crippen LogP contribution in [-0.4, -0.2) is 17.4 Å². The number of aliphatic hydroxyl groups is 1. The molecular weight excluding hydrogens is 126 g/mol. The Morgan fingerprint density at radius 3 is 2.80 bits per heavy atom. The molecule has 0 bridgehead atoms. The molecule has 0 rings (SSSR count). The first-order chi connectivity index (χ1) is 4.85. The van der Waals surface area contributed by atoms with Crippen molar-refractivity contribution in [3.8, 4) is 0 Å². The summed E-state index contributed by atoms with van der Waals surface area (Å²) in [7, 11) is 0. The molecule has 0 saturated heterocycles. The fourth-order valence-corrected chi connectivity index (χ4v) is 0.615. The van der Waals surface area contributed by atoms with Crippen LogP contribution >= 0.6 is 0 Å². The van der Waals surface area contributed by atoms with Crippen molar-refractivity contribution in [3.63, 3.8) is 0 Å². The molecule has 1 N–H and O–H groups in total. The maximum absolute atomic E-state index is 8.54. The van der Waals surface area contributed by atoms with E-state index in [1.54, 1.807) is 0 Å². The highest BCUT2D eigenvalue weighted by molar-refractivity contribution is 5.95. The first-order valence-electron chi connectivity index (χ1n) is 3.26.